The topological polar surface area (TPSA) is 117 Å². The fourth-order valence-electron chi connectivity index (χ4n) is 2.40. The number of hydrogen-bond donors (Lipinski definition) is 1. The molecule has 1 aromatic heterocycles. The Bertz CT molecular complexity index is 964. The number of carbonyl (C=O) groups excluding carboxylic acids is 3. The Hall–Kier alpha value is -3.49. The summed E-state index contributed by atoms with van der Waals surface area (Å²) in [6, 6.07) is 5.40. The van der Waals surface area contributed by atoms with Crippen LogP contribution in [-0.2, 0) is 20.8 Å². The highest BCUT2D eigenvalue weighted by molar-refractivity contribution is 6.03. The van der Waals surface area contributed by atoms with Crippen LogP contribution in [0.4, 0.5) is 5.69 Å². The van der Waals surface area contributed by atoms with Crippen molar-refractivity contribution in [3.63, 3.8) is 0 Å². The van der Waals surface area contributed by atoms with Gasteiger partial charge in [0.1, 0.15) is 6.54 Å². The van der Waals surface area contributed by atoms with E-state index in [0.717, 1.165) is 4.57 Å². The van der Waals surface area contributed by atoms with E-state index in [9.17, 15) is 19.2 Å². The van der Waals surface area contributed by atoms with Gasteiger partial charge in [-0.05, 0) is 24.1 Å². The number of esters is 2. The van der Waals surface area contributed by atoms with E-state index in [-0.39, 0.29) is 34.8 Å². The highest BCUT2D eigenvalue weighted by Gasteiger charge is 2.18. The molecule has 0 unspecified atom stereocenters. The van der Waals surface area contributed by atoms with Gasteiger partial charge < -0.3 is 14.8 Å². The highest BCUT2D eigenvalue weighted by atomic mass is 16.5. The first kappa shape index (κ1) is 20.8. The maximum absolute atomic E-state index is 12.4. The predicted octanol–water partition coefficient (Wildman–Crippen LogP) is 1.58. The Balaban J connectivity index is 2.28. The Morgan fingerprint density at radius 2 is 1.79 bits per heavy atom. The van der Waals surface area contributed by atoms with Crippen molar-refractivity contribution in [2.75, 3.05) is 19.5 Å². The molecular formula is C19H21N3O6. The molecule has 28 heavy (non-hydrogen) atoms. The lowest BCUT2D eigenvalue weighted by atomic mass is 10.1. The number of ether oxygens (including phenoxy) is 2. The standard InChI is InChI=1S/C19H21N3O6/c1-11(2)14-8-17(24)22(10-20-14)9-16(23)21-15-7-12(18(25)27-3)5-6-13(15)19(26)28-4/h5-8,10-11H,9H2,1-4H3,(H,21,23). The van der Waals surface area contributed by atoms with Gasteiger partial charge >= 0.3 is 11.9 Å². The van der Waals surface area contributed by atoms with Crippen molar-refractivity contribution >= 4 is 23.5 Å². The lowest BCUT2D eigenvalue weighted by molar-refractivity contribution is -0.116. The van der Waals surface area contributed by atoms with Gasteiger partial charge in [0.05, 0.1) is 43.1 Å². The van der Waals surface area contributed by atoms with E-state index in [4.69, 9.17) is 0 Å². The van der Waals surface area contributed by atoms with Gasteiger partial charge in [0.25, 0.3) is 5.56 Å². The van der Waals surface area contributed by atoms with Crippen molar-refractivity contribution in [2.45, 2.75) is 26.3 Å². The molecule has 0 saturated heterocycles. The minimum atomic E-state index is -0.688. The first-order valence-electron chi connectivity index (χ1n) is 8.43. The van der Waals surface area contributed by atoms with E-state index in [2.05, 4.69) is 19.8 Å². The van der Waals surface area contributed by atoms with Gasteiger partial charge in [-0.1, -0.05) is 13.8 Å². The molecule has 0 spiro atoms. The largest absolute Gasteiger partial charge is 0.465 e. The average Bonchev–Trinajstić information content (AvgIpc) is 2.68. The van der Waals surface area contributed by atoms with Crippen LogP contribution in [-0.4, -0.2) is 41.6 Å². The number of carbonyl (C=O) groups is 3. The Morgan fingerprint density at radius 3 is 2.36 bits per heavy atom. The van der Waals surface area contributed by atoms with Crippen LogP contribution in [0.3, 0.4) is 0 Å². The van der Waals surface area contributed by atoms with Crippen molar-refractivity contribution in [1.29, 1.82) is 0 Å². The van der Waals surface area contributed by atoms with Gasteiger partial charge in [0, 0.05) is 6.07 Å². The molecule has 0 aliphatic rings. The molecule has 2 aromatic rings. The molecule has 9 nitrogen and oxygen atoms in total. The van der Waals surface area contributed by atoms with E-state index in [0.29, 0.717) is 5.69 Å². The summed E-state index contributed by atoms with van der Waals surface area (Å²) in [5.74, 6) is -1.81. The van der Waals surface area contributed by atoms with Crippen LogP contribution in [0, 0.1) is 0 Å². The number of methoxy groups -OCH3 is 2. The first-order valence-corrected chi connectivity index (χ1v) is 8.43. The zero-order valence-corrected chi connectivity index (χ0v) is 16.0. The third kappa shape index (κ3) is 4.81. The number of benzene rings is 1. The molecule has 1 heterocycles. The maximum Gasteiger partial charge on any atom is 0.339 e. The highest BCUT2D eigenvalue weighted by Crippen LogP contribution is 2.20. The van der Waals surface area contributed by atoms with Crippen molar-refractivity contribution < 1.29 is 23.9 Å². The summed E-state index contributed by atoms with van der Waals surface area (Å²) in [5.41, 5.74) is 0.528. The van der Waals surface area contributed by atoms with Crippen LogP contribution in [0.5, 0.6) is 0 Å². The van der Waals surface area contributed by atoms with Crippen LogP contribution in [0.2, 0.25) is 0 Å². The van der Waals surface area contributed by atoms with Crippen LogP contribution in [0.25, 0.3) is 0 Å². The molecule has 0 saturated carbocycles. The second-order valence-corrected chi connectivity index (χ2v) is 6.23. The first-order chi connectivity index (χ1) is 13.3. The summed E-state index contributed by atoms with van der Waals surface area (Å²) < 4.78 is 10.5. The zero-order valence-electron chi connectivity index (χ0n) is 16.0. The molecule has 1 aromatic carbocycles. The number of rotatable bonds is 6. The summed E-state index contributed by atoms with van der Waals surface area (Å²) in [4.78, 5) is 52.3. The molecule has 9 heteroatoms. The third-order valence-electron chi connectivity index (χ3n) is 3.93. The lowest BCUT2D eigenvalue weighted by Gasteiger charge is -2.12. The average molecular weight is 387 g/mol. The molecule has 0 radical (unpaired) electrons. The molecule has 0 aliphatic heterocycles. The summed E-state index contributed by atoms with van der Waals surface area (Å²) in [6.45, 7) is 3.50. The molecule has 1 N–H and O–H groups in total. The van der Waals surface area contributed by atoms with Gasteiger partial charge in [-0.25, -0.2) is 14.6 Å². The third-order valence-corrected chi connectivity index (χ3v) is 3.93. The number of anilines is 1. The smallest absolute Gasteiger partial charge is 0.339 e. The van der Waals surface area contributed by atoms with Crippen LogP contribution >= 0.6 is 0 Å². The number of aromatic nitrogens is 2. The minimum Gasteiger partial charge on any atom is -0.465 e. The van der Waals surface area contributed by atoms with E-state index in [1.807, 2.05) is 13.8 Å². The fraction of sp³-hybridized carbons (Fsp3) is 0.316. The molecule has 0 fully saturated rings. The van der Waals surface area contributed by atoms with Gasteiger partial charge in [-0.3, -0.25) is 14.2 Å². The van der Waals surface area contributed by atoms with Crippen LogP contribution in [0.1, 0.15) is 46.2 Å². The predicted molar refractivity (Wildman–Crippen MR) is 100 cm³/mol. The van der Waals surface area contributed by atoms with Crippen molar-refractivity contribution in [2.24, 2.45) is 0 Å². The molecule has 0 aliphatic carbocycles. The number of nitrogens with zero attached hydrogens (tertiary/aromatic N) is 2. The Kier molecular flexibility index (Phi) is 6.64. The normalized spacial score (nSPS) is 10.5. The quantitative estimate of drug-likeness (QED) is 0.748. The second-order valence-electron chi connectivity index (χ2n) is 6.23. The van der Waals surface area contributed by atoms with Gasteiger partial charge in [0.15, 0.2) is 0 Å². The van der Waals surface area contributed by atoms with Crippen molar-refractivity contribution in [3.05, 3.63) is 57.8 Å². The minimum absolute atomic E-state index is 0.0594. The van der Waals surface area contributed by atoms with Crippen LogP contribution < -0.4 is 10.9 Å². The summed E-state index contributed by atoms with van der Waals surface area (Å²) in [6.07, 6.45) is 1.29. The molecule has 1 amide bonds. The zero-order chi connectivity index (χ0) is 20.8. The molecule has 0 bridgehead atoms. The number of hydrogen-bond acceptors (Lipinski definition) is 7. The van der Waals surface area contributed by atoms with E-state index >= 15 is 0 Å². The van der Waals surface area contributed by atoms with Gasteiger partial charge in [-0.15, -0.1) is 0 Å². The molecule has 0 atom stereocenters. The number of nitrogens with one attached hydrogen (secondary N) is 1. The van der Waals surface area contributed by atoms with E-state index < -0.39 is 17.8 Å². The molecule has 148 valence electrons. The van der Waals surface area contributed by atoms with E-state index in [1.54, 1.807) is 0 Å². The van der Waals surface area contributed by atoms with E-state index in [1.165, 1.54) is 44.8 Å². The van der Waals surface area contributed by atoms with Crippen molar-refractivity contribution in [1.82, 2.24) is 9.55 Å². The van der Waals surface area contributed by atoms with Crippen molar-refractivity contribution in [3.8, 4) is 0 Å². The fourth-order valence-corrected chi connectivity index (χ4v) is 2.40. The second kappa shape index (κ2) is 8.94. The monoisotopic (exact) mass is 387 g/mol. The lowest BCUT2D eigenvalue weighted by Crippen LogP contribution is -2.28. The maximum atomic E-state index is 12.4. The van der Waals surface area contributed by atoms with Gasteiger partial charge in [0.2, 0.25) is 5.91 Å². The van der Waals surface area contributed by atoms with Gasteiger partial charge in [-0.2, -0.15) is 0 Å². The summed E-state index contributed by atoms with van der Waals surface area (Å²) in [7, 11) is 2.42. The Labute approximate surface area is 161 Å². The Morgan fingerprint density at radius 1 is 1.11 bits per heavy atom. The summed E-state index contributed by atoms with van der Waals surface area (Å²) in [5, 5.41) is 2.52. The summed E-state index contributed by atoms with van der Waals surface area (Å²) >= 11 is 0. The van der Waals surface area contributed by atoms with Crippen LogP contribution in [0.15, 0.2) is 35.4 Å². The molecule has 2 rings (SSSR count). The number of amides is 1. The molecular weight excluding hydrogens is 366 g/mol. The SMILES string of the molecule is COC(=O)c1ccc(C(=O)OC)c(NC(=O)Cn2cnc(C(C)C)cc2=O)c1.